The maximum atomic E-state index is 13.5. The van der Waals surface area contributed by atoms with Gasteiger partial charge >= 0.3 is 0 Å². The van der Waals surface area contributed by atoms with Crippen molar-refractivity contribution in [1.29, 1.82) is 0 Å². The Kier molecular flexibility index (Phi) is 3.59. The average molecular weight is 260 g/mol. The van der Waals surface area contributed by atoms with E-state index in [1.807, 2.05) is 0 Å². The van der Waals surface area contributed by atoms with Crippen molar-refractivity contribution in [2.24, 2.45) is 17.1 Å². The molecule has 1 saturated carbocycles. The third kappa shape index (κ3) is 3.12. The lowest BCUT2D eigenvalue weighted by atomic mass is 10.1. The second-order valence-corrected chi connectivity index (χ2v) is 5.44. The van der Waals surface area contributed by atoms with Gasteiger partial charge in [-0.2, -0.15) is 0 Å². The SMILES string of the molecule is CC1(C)CC1C(=O)Nc1ccc(F)c(C#CCN)c1. The van der Waals surface area contributed by atoms with Crippen LogP contribution in [0, 0.1) is 29.0 Å². The van der Waals surface area contributed by atoms with Crippen molar-refractivity contribution in [3.05, 3.63) is 29.6 Å². The highest BCUT2D eigenvalue weighted by atomic mass is 19.1. The molecule has 1 unspecified atom stereocenters. The minimum absolute atomic E-state index is 0.0191. The molecule has 1 amide bonds. The maximum Gasteiger partial charge on any atom is 0.228 e. The summed E-state index contributed by atoms with van der Waals surface area (Å²) in [6, 6.07) is 4.37. The summed E-state index contributed by atoms with van der Waals surface area (Å²) < 4.78 is 13.5. The number of halogens is 1. The molecule has 0 radical (unpaired) electrons. The molecular weight excluding hydrogens is 243 g/mol. The van der Waals surface area contributed by atoms with Gasteiger partial charge in [-0.15, -0.1) is 0 Å². The van der Waals surface area contributed by atoms with Gasteiger partial charge in [0.1, 0.15) is 5.82 Å². The summed E-state index contributed by atoms with van der Waals surface area (Å²) >= 11 is 0. The molecule has 1 aromatic rings. The summed E-state index contributed by atoms with van der Waals surface area (Å²) in [5, 5.41) is 2.80. The summed E-state index contributed by atoms with van der Waals surface area (Å²) in [6.07, 6.45) is 0.889. The van der Waals surface area contributed by atoms with Crippen molar-refractivity contribution in [1.82, 2.24) is 0 Å². The summed E-state index contributed by atoms with van der Waals surface area (Å²) in [5.41, 5.74) is 6.15. The number of benzene rings is 1. The van der Waals surface area contributed by atoms with Crippen LogP contribution in [0.15, 0.2) is 18.2 Å². The lowest BCUT2D eigenvalue weighted by Gasteiger charge is -2.07. The molecule has 2 rings (SSSR count). The zero-order valence-corrected chi connectivity index (χ0v) is 11.1. The third-order valence-corrected chi connectivity index (χ3v) is 3.39. The fraction of sp³-hybridized carbons (Fsp3) is 0.400. The summed E-state index contributed by atoms with van der Waals surface area (Å²) in [5.74, 6) is 4.85. The first-order valence-electron chi connectivity index (χ1n) is 6.23. The fourth-order valence-corrected chi connectivity index (χ4v) is 1.99. The summed E-state index contributed by atoms with van der Waals surface area (Å²) in [7, 11) is 0. The summed E-state index contributed by atoms with van der Waals surface area (Å²) in [6.45, 7) is 4.28. The maximum absolute atomic E-state index is 13.5. The second kappa shape index (κ2) is 5.02. The number of amides is 1. The van der Waals surface area contributed by atoms with E-state index in [-0.39, 0.29) is 29.3 Å². The van der Waals surface area contributed by atoms with Crippen LogP contribution in [0.3, 0.4) is 0 Å². The zero-order valence-electron chi connectivity index (χ0n) is 11.1. The molecule has 0 heterocycles. The predicted molar refractivity (Wildman–Crippen MR) is 72.9 cm³/mol. The molecule has 0 aromatic heterocycles. The first-order valence-corrected chi connectivity index (χ1v) is 6.23. The number of anilines is 1. The monoisotopic (exact) mass is 260 g/mol. The molecule has 0 saturated heterocycles. The fourth-order valence-electron chi connectivity index (χ4n) is 1.99. The number of nitrogens with two attached hydrogens (primary N) is 1. The Hall–Kier alpha value is -1.86. The van der Waals surface area contributed by atoms with E-state index in [1.54, 1.807) is 0 Å². The highest BCUT2D eigenvalue weighted by molar-refractivity contribution is 5.95. The molecule has 0 bridgehead atoms. The Bertz CT molecular complexity index is 569. The molecular formula is C15H17FN2O. The molecule has 100 valence electrons. The van der Waals surface area contributed by atoms with Gasteiger partial charge in [0.05, 0.1) is 12.1 Å². The molecule has 3 nitrogen and oxygen atoms in total. The van der Waals surface area contributed by atoms with Crippen LogP contribution in [-0.2, 0) is 4.79 Å². The van der Waals surface area contributed by atoms with E-state index in [9.17, 15) is 9.18 Å². The summed E-state index contributed by atoms with van der Waals surface area (Å²) in [4.78, 5) is 11.9. The van der Waals surface area contributed by atoms with E-state index in [1.165, 1.54) is 18.2 Å². The van der Waals surface area contributed by atoms with Crippen LogP contribution in [0.25, 0.3) is 0 Å². The lowest BCUT2D eigenvalue weighted by Crippen LogP contribution is -2.16. The van der Waals surface area contributed by atoms with Crippen molar-refractivity contribution in [2.75, 3.05) is 11.9 Å². The van der Waals surface area contributed by atoms with Crippen LogP contribution >= 0.6 is 0 Å². The number of rotatable bonds is 2. The number of carbonyl (C=O) groups excluding carboxylic acids is 1. The largest absolute Gasteiger partial charge is 0.326 e. The van der Waals surface area contributed by atoms with Crippen LogP contribution in [0.4, 0.5) is 10.1 Å². The normalized spacial score (nSPS) is 19.3. The second-order valence-electron chi connectivity index (χ2n) is 5.44. The predicted octanol–water partition coefficient (Wildman–Crippen LogP) is 2.12. The molecule has 4 heteroatoms. The van der Waals surface area contributed by atoms with Crippen molar-refractivity contribution < 1.29 is 9.18 Å². The van der Waals surface area contributed by atoms with E-state index in [4.69, 9.17) is 5.73 Å². The van der Waals surface area contributed by atoms with E-state index in [2.05, 4.69) is 31.0 Å². The van der Waals surface area contributed by atoms with Crippen LogP contribution in [0.2, 0.25) is 0 Å². The number of hydrogen-bond donors (Lipinski definition) is 2. The Labute approximate surface area is 112 Å². The first-order chi connectivity index (χ1) is 8.94. The van der Waals surface area contributed by atoms with Crippen LogP contribution in [-0.4, -0.2) is 12.5 Å². The number of carbonyl (C=O) groups is 1. The molecule has 1 aromatic carbocycles. The smallest absolute Gasteiger partial charge is 0.228 e. The molecule has 1 fully saturated rings. The minimum Gasteiger partial charge on any atom is -0.326 e. The van der Waals surface area contributed by atoms with Crippen molar-refractivity contribution in [2.45, 2.75) is 20.3 Å². The zero-order chi connectivity index (χ0) is 14.0. The molecule has 1 aliphatic carbocycles. The van der Waals surface area contributed by atoms with E-state index >= 15 is 0 Å². The standard InChI is InChI=1S/C15H17FN2O/c1-15(2)9-12(15)14(19)18-11-5-6-13(16)10(8-11)4-3-7-17/h5-6,8,12H,7,9,17H2,1-2H3,(H,18,19). The van der Waals surface area contributed by atoms with E-state index in [0.29, 0.717) is 5.69 Å². The molecule has 0 aliphatic heterocycles. The van der Waals surface area contributed by atoms with Crippen LogP contribution < -0.4 is 11.1 Å². The van der Waals surface area contributed by atoms with Gasteiger partial charge in [0, 0.05) is 11.6 Å². The van der Waals surface area contributed by atoms with Gasteiger partial charge in [-0.25, -0.2) is 4.39 Å². The van der Waals surface area contributed by atoms with Crippen molar-refractivity contribution in [3.63, 3.8) is 0 Å². The van der Waals surface area contributed by atoms with Gasteiger partial charge in [0.15, 0.2) is 0 Å². The van der Waals surface area contributed by atoms with E-state index < -0.39 is 5.82 Å². The lowest BCUT2D eigenvalue weighted by molar-refractivity contribution is -0.118. The van der Waals surface area contributed by atoms with Crippen molar-refractivity contribution >= 4 is 11.6 Å². The Morgan fingerprint density at radius 2 is 2.26 bits per heavy atom. The molecule has 1 atom stereocenters. The topological polar surface area (TPSA) is 55.1 Å². The molecule has 1 aliphatic rings. The first kappa shape index (κ1) is 13.6. The van der Waals surface area contributed by atoms with Gasteiger partial charge < -0.3 is 11.1 Å². The highest BCUT2D eigenvalue weighted by Gasteiger charge is 2.50. The van der Waals surface area contributed by atoms with Crippen LogP contribution in [0.1, 0.15) is 25.8 Å². The van der Waals surface area contributed by atoms with Gasteiger partial charge in [-0.05, 0) is 30.0 Å². The number of hydrogen-bond acceptors (Lipinski definition) is 2. The van der Waals surface area contributed by atoms with Crippen LogP contribution in [0.5, 0.6) is 0 Å². The Morgan fingerprint density at radius 1 is 1.58 bits per heavy atom. The average Bonchev–Trinajstić information content (AvgIpc) is 2.99. The Morgan fingerprint density at radius 3 is 2.84 bits per heavy atom. The molecule has 19 heavy (non-hydrogen) atoms. The van der Waals surface area contributed by atoms with Gasteiger partial charge in [0.2, 0.25) is 5.91 Å². The molecule has 0 spiro atoms. The van der Waals surface area contributed by atoms with E-state index in [0.717, 1.165) is 6.42 Å². The quantitative estimate of drug-likeness (QED) is 0.800. The highest BCUT2D eigenvalue weighted by Crippen LogP contribution is 2.51. The Balaban J connectivity index is 2.11. The van der Waals surface area contributed by atoms with Crippen molar-refractivity contribution in [3.8, 4) is 11.8 Å². The third-order valence-electron chi connectivity index (χ3n) is 3.39. The van der Waals surface area contributed by atoms with Gasteiger partial charge in [-0.1, -0.05) is 25.7 Å². The number of nitrogens with one attached hydrogen (secondary N) is 1. The minimum atomic E-state index is -0.411. The van der Waals surface area contributed by atoms with Gasteiger partial charge in [-0.3, -0.25) is 4.79 Å². The molecule has 3 N–H and O–H groups in total. The van der Waals surface area contributed by atoms with Gasteiger partial charge in [0.25, 0.3) is 0 Å².